The molecule has 2 aromatic carbocycles. The van der Waals surface area contributed by atoms with Gasteiger partial charge in [-0.3, -0.25) is 8.97 Å². The number of benzene rings is 2. The van der Waals surface area contributed by atoms with Crippen molar-refractivity contribution in [2.45, 2.75) is 80.1 Å². The van der Waals surface area contributed by atoms with E-state index in [9.17, 15) is 0 Å². The Kier molecular flexibility index (Phi) is 27.1. The SMILES string of the molecule is C[N+]1(C)CCCC1.Cc1cc[n+](C)cc1.Cc1ccc([N+]2(C)CCCC2)cc1.Cc1ccc[n+](C)c1.Cc1cccc([N+]2(C)CCCC2)c1.Cc1cn(C)[n+](C)c1.[CH-]=CC=[C-]C.[Y]. The van der Waals surface area contributed by atoms with Gasteiger partial charge in [0.25, 0.3) is 0 Å². The maximum atomic E-state index is 4.90. The van der Waals surface area contributed by atoms with Gasteiger partial charge in [-0.1, -0.05) is 29.8 Å². The Morgan fingerprint density at radius 1 is 0.556 bits per heavy atom. The zero-order valence-electron chi connectivity index (χ0n) is 42.3. The van der Waals surface area contributed by atoms with Gasteiger partial charge in [0, 0.05) is 107 Å². The summed E-state index contributed by atoms with van der Waals surface area (Å²) in [4.78, 5) is 0. The molecule has 7 nitrogen and oxygen atoms in total. The van der Waals surface area contributed by atoms with Gasteiger partial charge < -0.3 is 29.3 Å². The van der Waals surface area contributed by atoms with E-state index in [-0.39, 0.29) is 32.7 Å². The van der Waals surface area contributed by atoms with E-state index in [0.717, 1.165) is 8.97 Å². The summed E-state index contributed by atoms with van der Waals surface area (Å²) in [5, 5.41) is 0. The van der Waals surface area contributed by atoms with Crippen LogP contribution in [0.25, 0.3) is 0 Å². The molecule has 0 unspecified atom stereocenters. The van der Waals surface area contributed by atoms with Crippen molar-refractivity contribution in [3.63, 3.8) is 0 Å². The molecule has 0 N–H and O–H groups in total. The topological polar surface area (TPSA) is 16.6 Å². The van der Waals surface area contributed by atoms with Crippen LogP contribution in [0, 0.1) is 47.3 Å². The van der Waals surface area contributed by atoms with E-state index in [4.69, 9.17) is 6.58 Å². The second-order valence-corrected chi connectivity index (χ2v) is 18.8. The third-order valence-corrected chi connectivity index (χ3v) is 11.9. The summed E-state index contributed by atoms with van der Waals surface area (Å²) in [5.74, 6) is 0. The average Bonchev–Trinajstić information content (AvgIpc) is 4.04. The number of hydrogen-bond donors (Lipinski definition) is 0. The number of allylic oxidation sites excluding steroid dienone is 3. The second-order valence-electron chi connectivity index (χ2n) is 18.8. The molecule has 63 heavy (non-hydrogen) atoms. The maximum absolute atomic E-state index is 4.90. The van der Waals surface area contributed by atoms with Crippen LogP contribution in [0.1, 0.15) is 73.3 Å². The number of aromatic nitrogens is 4. The van der Waals surface area contributed by atoms with E-state index in [2.05, 4.69) is 154 Å². The first-order chi connectivity index (χ1) is 29.3. The molecule has 0 spiro atoms. The second kappa shape index (κ2) is 29.8. The molecule has 0 saturated carbocycles. The van der Waals surface area contributed by atoms with Gasteiger partial charge in [0.05, 0.1) is 80.7 Å². The fourth-order valence-electron chi connectivity index (χ4n) is 7.86. The molecule has 3 aromatic heterocycles. The quantitative estimate of drug-likeness (QED) is 0.0743. The normalized spacial score (nSPS) is 15.9. The number of rotatable bonds is 3. The van der Waals surface area contributed by atoms with Crippen molar-refractivity contribution >= 4 is 11.4 Å². The Hall–Kier alpha value is -3.59. The van der Waals surface area contributed by atoms with Gasteiger partial charge in [-0.15, -0.1) is 11.6 Å². The number of aryl methyl sites for hydroxylation is 9. The van der Waals surface area contributed by atoms with Crippen molar-refractivity contribution in [3.05, 3.63) is 163 Å². The third-order valence-electron chi connectivity index (χ3n) is 11.9. The first-order valence-corrected chi connectivity index (χ1v) is 22.8. The number of quaternary nitrogens is 3. The fourth-order valence-corrected chi connectivity index (χ4v) is 7.86. The molecule has 1 radical (unpaired) electrons. The molecule has 8 heteroatoms. The zero-order valence-corrected chi connectivity index (χ0v) is 45.2. The third kappa shape index (κ3) is 23.3. The monoisotopic (exact) mass is 935 g/mol. The number of pyridine rings is 2. The minimum atomic E-state index is 0. The van der Waals surface area contributed by atoms with Crippen LogP contribution < -0.4 is 22.8 Å². The minimum absolute atomic E-state index is 0. The molecule has 3 saturated heterocycles. The van der Waals surface area contributed by atoms with Crippen LogP contribution in [0.15, 0.2) is 122 Å². The number of nitrogens with zero attached hydrogens (tertiary/aromatic N) is 7. The number of likely N-dealkylation sites (tertiary alicyclic amines) is 3. The molecule has 5 aromatic rings. The van der Waals surface area contributed by atoms with Gasteiger partial charge in [-0.25, -0.2) is 9.13 Å². The predicted octanol–water partition coefficient (Wildman–Crippen LogP) is 9.46. The Morgan fingerprint density at radius 2 is 1.05 bits per heavy atom. The first-order valence-electron chi connectivity index (χ1n) is 22.8. The van der Waals surface area contributed by atoms with Crippen molar-refractivity contribution in [2.75, 3.05) is 67.5 Å². The molecule has 0 aliphatic carbocycles. The van der Waals surface area contributed by atoms with Gasteiger partial charge >= 0.3 is 0 Å². The van der Waals surface area contributed by atoms with Crippen molar-refractivity contribution in [2.24, 2.45) is 28.2 Å². The molecular formula is C55H87N7Y+4. The first kappa shape index (κ1) is 57.4. The van der Waals surface area contributed by atoms with Gasteiger partial charge in [0.2, 0.25) is 0 Å². The Labute approximate surface area is 411 Å². The minimum Gasteiger partial charge on any atom is -0.394 e. The molecular weight excluding hydrogens is 848 g/mol. The molecule has 3 aliphatic rings. The predicted molar refractivity (Wildman–Crippen MR) is 265 cm³/mol. The van der Waals surface area contributed by atoms with Crippen LogP contribution in [0.5, 0.6) is 0 Å². The molecule has 3 fully saturated rings. The van der Waals surface area contributed by atoms with Crippen molar-refractivity contribution in [1.82, 2.24) is 13.6 Å². The summed E-state index contributed by atoms with van der Waals surface area (Å²) in [6.07, 6.45) is 26.5. The Bertz CT molecular complexity index is 1950. The van der Waals surface area contributed by atoms with Crippen LogP contribution in [0.2, 0.25) is 0 Å². The van der Waals surface area contributed by atoms with Crippen molar-refractivity contribution < 1.29 is 51.0 Å². The Morgan fingerprint density at radius 3 is 1.38 bits per heavy atom. The van der Waals surface area contributed by atoms with Crippen molar-refractivity contribution in [1.29, 1.82) is 0 Å². The van der Waals surface area contributed by atoms with Gasteiger partial charge in [0.15, 0.2) is 38.0 Å². The Balaban J connectivity index is 0.000000375. The molecule has 8 rings (SSSR count). The molecule has 3 aliphatic heterocycles. The molecule has 341 valence electrons. The molecule has 6 heterocycles. The summed E-state index contributed by atoms with van der Waals surface area (Å²) >= 11 is 0. The van der Waals surface area contributed by atoms with E-state index in [0.29, 0.717) is 0 Å². The van der Waals surface area contributed by atoms with Crippen LogP contribution in [-0.4, -0.2) is 76.6 Å². The average molecular weight is 935 g/mol. The maximum Gasteiger partial charge on any atom is 0.198 e. The fraction of sp³-hybridized carbons (Fsp3) is 0.473. The summed E-state index contributed by atoms with van der Waals surface area (Å²) in [6, 6.07) is 26.2. The van der Waals surface area contributed by atoms with Gasteiger partial charge in [-0.2, -0.15) is 4.68 Å². The van der Waals surface area contributed by atoms with Crippen LogP contribution >= 0.6 is 0 Å². The molecule has 0 atom stereocenters. The van der Waals surface area contributed by atoms with Crippen molar-refractivity contribution in [3.8, 4) is 0 Å². The van der Waals surface area contributed by atoms with Crippen LogP contribution in [-0.2, 0) is 60.9 Å². The van der Waals surface area contributed by atoms with Gasteiger partial charge in [0.1, 0.15) is 25.5 Å². The van der Waals surface area contributed by atoms with E-state index >= 15 is 0 Å². The summed E-state index contributed by atoms with van der Waals surface area (Å²) in [6.45, 7) is 25.3. The molecule has 0 amide bonds. The number of hydrogen-bond acceptors (Lipinski definition) is 0. The summed E-state index contributed by atoms with van der Waals surface area (Å²) in [7, 11) is 17.4. The summed E-state index contributed by atoms with van der Waals surface area (Å²) < 4.78 is 11.7. The zero-order chi connectivity index (χ0) is 46.2. The standard InChI is InChI=1S/2C12H18N.2C7H10N.C6H11N2.C6H14N.C5H6.Y/c1-11-5-7-12(8-6-11)13(2)9-3-4-10-13;1-11-6-5-7-12(10-11)13(2)8-3-4-9-13;1-7-3-5-8(2)6-4-7;1-7-4-3-5-8(2)6-7;1-6-4-7(2)8(3)5-6;1-7(2)5-3-4-6-7;1-3-5-4-2;/h5-8H,3-4,9-10H2,1-2H3;5-7,10H,3-4,8-9H2,1-2H3;2*3-6H,1-2H3;4-5H,1-3H3;3-6H2,1-2H3;1,3,5H,2H3;/q6*+1;-2;. The smallest absolute Gasteiger partial charge is 0.198 e. The van der Waals surface area contributed by atoms with E-state index in [1.165, 1.54) is 128 Å². The van der Waals surface area contributed by atoms with Crippen LogP contribution in [0.3, 0.4) is 0 Å². The van der Waals surface area contributed by atoms with Crippen LogP contribution in [0.4, 0.5) is 11.4 Å². The molecule has 0 bridgehead atoms. The van der Waals surface area contributed by atoms with Gasteiger partial charge in [-0.05, 0) is 70.0 Å². The summed E-state index contributed by atoms with van der Waals surface area (Å²) in [5.41, 5.74) is 9.60. The van der Waals surface area contributed by atoms with E-state index < -0.39 is 0 Å². The van der Waals surface area contributed by atoms with E-state index in [1.807, 2.05) is 71.3 Å². The largest absolute Gasteiger partial charge is 0.394 e. The van der Waals surface area contributed by atoms with E-state index in [1.54, 1.807) is 13.0 Å².